The summed E-state index contributed by atoms with van der Waals surface area (Å²) < 4.78 is 0. The van der Waals surface area contributed by atoms with E-state index in [1.54, 1.807) is 24.3 Å². The normalized spacial score (nSPS) is 11.8. The number of benzene rings is 1. The second-order valence-electron chi connectivity index (χ2n) is 3.57. The van der Waals surface area contributed by atoms with Crippen LogP contribution in [0.5, 0.6) is 0 Å². The SMILES string of the molecule is NC(=O)c1ccc(NCC(O)CC(=O)O)cc1. The van der Waals surface area contributed by atoms with Gasteiger partial charge in [0.1, 0.15) is 0 Å². The van der Waals surface area contributed by atoms with Crippen molar-refractivity contribution in [3.05, 3.63) is 29.8 Å². The minimum absolute atomic E-state index is 0.127. The quantitative estimate of drug-likeness (QED) is 0.558. The number of aliphatic hydroxyl groups is 1. The molecule has 0 saturated heterocycles. The van der Waals surface area contributed by atoms with Crippen molar-refractivity contribution in [3.8, 4) is 0 Å². The van der Waals surface area contributed by atoms with Crippen LogP contribution in [0.3, 0.4) is 0 Å². The highest BCUT2D eigenvalue weighted by Gasteiger charge is 2.08. The average Bonchev–Trinajstić information content (AvgIpc) is 2.26. The molecule has 0 aliphatic carbocycles. The largest absolute Gasteiger partial charge is 0.481 e. The third kappa shape index (κ3) is 4.52. The molecule has 0 radical (unpaired) electrons. The molecule has 0 fully saturated rings. The third-order valence-electron chi connectivity index (χ3n) is 2.12. The molecule has 1 atom stereocenters. The van der Waals surface area contributed by atoms with Gasteiger partial charge in [0.05, 0.1) is 12.5 Å². The van der Waals surface area contributed by atoms with Gasteiger partial charge in [-0.3, -0.25) is 9.59 Å². The molecule has 1 aromatic rings. The lowest BCUT2D eigenvalue weighted by molar-refractivity contribution is -0.138. The van der Waals surface area contributed by atoms with Gasteiger partial charge in [0.15, 0.2) is 0 Å². The Bertz CT molecular complexity index is 402. The lowest BCUT2D eigenvalue weighted by Crippen LogP contribution is -2.22. The van der Waals surface area contributed by atoms with E-state index in [9.17, 15) is 14.7 Å². The molecule has 6 heteroatoms. The lowest BCUT2D eigenvalue weighted by atomic mass is 10.2. The molecule has 0 heterocycles. The molecule has 1 aromatic carbocycles. The second kappa shape index (κ2) is 5.86. The lowest BCUT2D eigenvalue weighted by Gasteiger charge is -2.10. The molecule has 0 bridgehead atoms. The zero-order chi connectivity index (χ0) is 12.8. The van der Waals surface area contributed by atoms with E-state index in [0.717, 1.165) is 0 Å². The summed E-state index contributed by atoms with van der Waals surface area (Å²) in [5.74, 6) is -1.56. The van der Waals surface area contributed by atoms with Gasteiger partial charge in [-0.25, -0.2) is 0 Å². The van der Waals surface area contributed by atoms with E-state index in [1.807, 2.05) is 0 Å². The van der Waals surface area contributed by atoms with Crippen molar-refractivity contribution in [3.63, 3.8) is 0 Å². The molecule has 6 nitrogen and oxygen atoms in total. The van der Waals surface area contributed by atoms with Gasteiger partial charge in [-0.05, 0) is 24.3 Å². The summed E-state index contributed by atoms with van der Waals surface area (Å²) in [6.07, 6.45) is -1.27. The molecular weight excluding hydrogens is 224 g/mol. The van der Waals surface area contributed by atoms with E-state index < -0.39 is 18.0 Å². The van der Waals surface area contributed by atoms with E-state index in [1.165, 1.54) is 0 Å². The number of anilines is 1. The van der Waals surface area contributed by atoms with Gasteiger partial charge < -0.3 is 21.3 Å². The van der Waals surface area contributed by atoms with E-state index in [0.29, 0.717) is 11.3 Å². The zero-order valence-corrected chi connectivity index (χ0v) is 9.09. The molecule has 0 saturated carbocycles. The Morgan fingerprint density at radius 3 is 2.35 bits per heavy atom. The first-order chi connectivity index (χ1) is 7.99. The molecule has 0 aromatic heterocycles. The molecule has 92 valence electrons. The van der Waals surface area contributed by atoms with E-state index in [2.05, 4.69) is 5.32 Å². The highest BCUT2D eigenvalue weighted by Crippen LogP contribution is 2.09. The van der Waals surface area contributed by atoms with Gasteiger partial charge in [0.25, 0.3) is 0 Å². The monoisotopic (exact) mass is 238 g/mol. The van der Waals surface area contributed by atoms with Gasteiger partial charge in [-0.15, -0.1) is 0 Å². The van der Waals surface area contributed by atoms with Crippen molar-refractivity contribution in [1.29, 1.82) is 0 Å². The molecule has 0 aliphatic heterocycles. The summed E-state index contributed by atoms with van der Waals surface area (Å²) in [6.45, 7) is 0.127. The fraction of sp³-hybridized carbons (Fsp3) is 0.273. The van der Waals surface area contributed by atoms with Crippen LogP contribution >= 0.6 is 0 Å². The summed E-state index contributed by atoms with van der Waals surface area (Å²) in [7, 11) is 0. The van der Waals surface area contributed by atoms with Crippen LogP contribution in [0.4, 0.5) is 5.69 Å². The fourth-order valence-electron chi connectivity index (χ4n) is 1.26. The fourth-order valence-corrected chi connectivity index (χ4v) is 1.26. The summed E-state index contributed by atoms with van der Waals surface area (Å²) in [5.41, 5.74) is 6.15. The van der Waals surface area contributed by atoms with Crippen molar-refractivity contribution in [2.45, 2.75) is 12.5 Å². The average molecular weight is 238 g/mol. The topological polar surface area (TPSA) is 113 Å². The predicted molar refractivity (Wildman–Crippen MR) is 61.7 cm³/mol. The van der Waals surface area contributed by atoms with E-state index >= 15 is 0 Å². The Hall–Kier alpha value is -2.08. The smallest absolute Gasteiger partial charge is 0.306 e. The van der Waals surface area contributed by atoms with Crippen LogP contribution in [0.25, 0.3) is 0 Å². The second-order valence-corrected chi connectivity index (χ2v) is 3.57. The number of nitrogens with one attached hydrogen (secondary N) is 1. The van der Waals surface area contributed by atoms with Crippen molar-refractivity contribution < 1.29 is 19.8 Å². The molecule has 17 heavy (non-hydrogen) atoms. The van der Waals surface area contributed by atoms with Gasteiger partial charge in [0, 0.05) is 17.8 Å². The van der Waals surface area contributed by atoms with E-state index in [4.69, 9.17) is 10.8 Å². The number of hydrogen-bond acceptors (Lipinski definition) is 4. The standard InChI is InChI=1S/C11H14N2O4/c12-11(17)7-1-3-8(4-2-7)13-6-9(14)5-10(15)16/h1-4,9,13-14H,5-6H2,(H2,12,17)(H,15,16). The maximum absolute atomic E-state index is 10.8. The van der Waals surface area contributed by atoms with Gasteiger partial charge in [-0.1, -0.05) is 0 Å². The number of rotatable bonds is 6. The van der Waals surface area contributed by atoms with Gasteiger partial charge >= 0.3 is 5.97 Å². The van der Waals surface area contributed by atoms with Gasteiger partial charge in [0.2, 0.25) is 5.91 Å². The van der Waals surface area contributed by atoms with Crippen molar-refractivity contribution >= 4 is 17.6 Å². The number of carbonyl (C=O) groups excluding carboxylic acids is 1. The molecule has 5 N–H and O–H groups in total. The number of aliphatic carboxylic acids is 1. The van der Waals surface area contributed by atoms with Crippen molar-refractivity contribution in [1.82, 2.24) is 0 Å². The Kier molecular flexibility index (Phi) is 4.47. The van der Waals surface area contributed by atoms with E-state index in [-0.39, 0.29) is 13.0 Å². The number of hydrogen-bond donors (Lipinski definition) is 4. The number of carbonyl (C=O) groups is 2. The Morgan fingerprint density at radius 2 is 1.88 bits per heavy atom. The summed E-state index contributed by atoms with van der Waals surface area (Å²) in [6, 6.07) is 6.36. The number of carboxylic acid groups (broad SMARTS) is 1. The number of nitrogens with two attached hydrogens (primary N) is 1. The Morgan fingerprint density at radius 1 is 1.29 bits per heavy atom. The summed E-state index contributed by atoms with van der Waals surface area (Å²) >= 11 is 0. The number of primary amides is 1. The summed E-state index contributed by atoms with van der Waals surface area (Å²) in [4.78, 5) is 21.1. The predicted octanol–water partition coefficient (Wildman–Crippen LogP) is 0.0330. The minimum atomic E-state index is -1.05. The first kappa shape index (κ1) is 13.0. The molecule has 1 amide bonds. The number of amides is 1. The van der Waals surface area contributed by atoms with Gasteiger partial charge in [-0.2, -0.15) is 0 Å². The van der Waals surface area contributed by atoms with Crippen LogP contribution in [-0.4, -0.2) is 34.7 Å². The van der Waals surface area contributed by atoms with Crippen molar-refractivity contribution in [2.75, 3.05) is 11.9 Å². The molecule has 1 unspecified atom stereocenters. The molecule has 0 spiro atoms. The zero-order valence-electron chi connectivity index (χ0n) is 9.09. The maximum atomic E-state index is 10.8. The van der Waals surface area contributed by atoms with Crippen LogP contribution in [-0.2, 0) is 4.79 Å². The first-order valence-corrected chi connectivity index (χ1v) is 5.02. The molecule has 1 rings (SSSR count). The third-order valence-corrected chi connectivity index (χ3v) is 2.12. The minimum Gasteiger partial charge on any atom is -0.481 e. The maximum Gasteiger partial charge on any atom is 0.306 e. The highest BCUT2D eigenvalue weighted by atomic mass is 16.4. The van der Waals surface area contributed by atoms with Crippen LogP contribution in [0.2, 0.25) is 0 Å². The summed E-state index contributed by atoms with van der Waals surface area (Å²) in [5, 5.41) is 20.6. The number of carboxylic acids is 1. The number of aliphatic hydroxyl groups excluding tert-OH is 1. The van der Waals surface area contributed by atoms with Crippen LogP contribution in [0, 0.1) is 0 Å². The molecular formula is C11H14N2O4. The van der Waals surface area contributed by atoms with Crippen molar-refractivity contribution in [2.24, 2.45) is 5.73 Å². The van der Waals surface area contributed by atoms with Crippen LogP contribution < -0.4 is 11.1 Å². The first-order valence-electron chi connectivity index (χ1n) is 5.02. The van der Waals surface area contributed by atoms with Crippen LogP contribution in [0.1, 0.15) is 16.8 Å². The highest BCUT2D eigenvalue weighted by molar-refractivity contribution is 5.93. The Labute approximate surface area is 98.1 Å². The van der Waals surface area contributed by atoms with Crippen LogP contribution in [0.15, 0.2) is 24.3 Å². The Balaban J connectivity index is 2.47. The molecule has 0 aliphatic rings.